The summed E-state index contributed by atoms with van der Waals surface area (Å²) in [7, 11) is 0. The summed E-state index contributed by atoms with van der Waals surface area (Å²) in [5, 5.41) is 43.2. The summed E-state index contributed by atoms with van der Waals surface area (Å²) in [5.41, 5.74) is -8.55. The van der Waals surface area contributed by atoms with E-state index < -0.39 is 119 Å². The van der Waals surface area contributed by atoms with Gasteiger partial charge in [-0.2, -0.15) is 11.3 Å². The molecule has 1 aromatic carbocycles. The topological polar surface area (TPSA) is 240 Å². The molecule has 2 saturated carbocycles. The van der Waals surface area contributed by atoms with Crippen LogP contribution >= 0.6 is 11.3 Å². The fourth-order valence-corrected chi connectivity index (χ4v) is 10.4. The summed E-state index contributed by atoms with van der Waals surface area (Å²) in [6.07, 6.45) is -13.1. The molecule has 11 atom stereocenters. The molecule has 1 unspecified atom stereocenters. The summed E-state index contributed by atoms with van der Waals surface area (Å²) in [4.78, 5) is 83.4. The molecule has 2 aromatic rings. The van der Waals surface area contributed by atoms with Crippen molar-refractivity contribution in [2.45, 2.75) is 135 Å². The number of fused-ring (bicyclic) bond motifs is 5. The lowest BCUT2D eigenvalue weighted by Crippen LogP contribution is -2.82. The van der Waals surface area contributed by atoms with Gasteiger partial charge in [-0.05, 0) is 87.2 Å². The third-order valence-electron chi connectivity index (χ3n) is 12.8. The zero-order valence-electron chi connectivity index (χ0n) is 36.1. The summed E-state index contributed by atoms with van der Waals surface area (Å²) in [6.45, 7) is 13.0. The van der Waals surface area contributed by atoms with E-state index in [1.54, 1.807) is 55.8 Å². The van der Waals surface area contributed by atoms with E-state index in [0.29, 0.717) is 5.56 Å². The number of benzene rings is 1. The lowest BCUT2D eigenvalue weighted by atomic mass is 9.44. The minimum atomic E-state index is -2.43. The second-order valence-corrected chi connectivity index (χ2v) is 18.8. The number of nitrogens with one attached hydrogen (secondary N) is 1. The van der Waals surface area contributed by atoms with Crippen LogP contribution in [0.25, 0.3) is 0 Å². The molecule has 2 heterocycles. The van der Waals surface area contributed by atoms with Crippen molar-refractivity contribution in [2.24, 2.45) is 16.7 Å². The largest absolute Gasteiger partial charge is 0.509 e. The second-order valence-electron chi connectivity index (χ2n) is 18.0. The molecular weight excluding hydrogens is 831 g/mol. The molecule has 1 aromatic heterocycles. The number of rotatable bonds is 10. The minimum absolute atomic E-state index is 0.0534. The average molecular weight is 886 g/mol. The number of ketones is 1. The number of thiophene rings is 1. The lowest BCUT2D eigenvalue weighted by molar-refractivity contribution is -0.346. The minimum Gasteiger partial charge on any atom is -0.456 e. The Morgan fingerprint density at radius 3 is 2.27 bits per heavy atom. The molecule has 6 rings (SSSR count). The Hall–Kier alpha value is -4.88. The highest BCUT2D eigenvalue weighted by atomic mass is 32.1. The molecule has 0 radical (unpaired) electrons. The zero-order chi connectivity index (χ0) is 45.7. The molecule has 338 valence electrons. The van der Waals surface area contributed by atoms with Gasteiger partial charge in [0.1, 0.15) is 29.5 Å². The van der Waals surface area contributed by atoms with Crippen LogP contribution < -0.4 is 5.32 Å². The van der Waals surface area contributed by atoms with Gasteiger partial charge in [-0.1, -0.05) is 32.0 Å². The number of hydrogen-bond donors (Lipinski definition) is 4. The SMILES string of the molecule is CCOC(=O)O[C@H]1C(=O)[C@@]2(C)C([C@H](OC(=O)c3ccccc3)[C@]3(O)C[C@H](OC(=O)[C@H](O)[C@@H](NC(=O)OC(C)(C)C)c4ccsc4)C(C)=C1C3(C)C)[C@]1(OC(C)=O)CO[C@@H]1C[C@@H]2O. The van der Waals surface area contributed by atoms with E-state index in [1.807, 2.05) is 0 Å². The van der Waals surface area contributed by atoms with Crippen LogP contribution in [0.5, 0.6) is 0 Å². The van der Waals surface area contributed by atoms with E-state index >= 15 is 4.79 Å². The van der Waals surface area contributed by atoms with E-state index in [4.69, 9.17) is 33.2 Å². The molecule has 4 aliphatic rings. The number of alkyl carbamates (subject to hydrolysis) is 1. The van der Waals surface area contributed by atoms with Gasteiger partial charge in [-0.3, -0.25) is 9.59 Å². The first kappa shape index (κ1) is 46.6. The maximum Gasteiger partial charge on any atom is 0.509 e. The van der Waals surface area contributed by atoms with Crippen LogP contribution in [0.1, 0.15) is 97.1 Å². The van der Waals surface area contributed by atoms with Gasteiger partial charge in [-0.25, -0.2) is 19.2 Å². The molecule has 0 spiro atoms. The van der Waals surface area contributed by atoms with Crippen LogP contribution in [0.3, 0.4) is 0 Å². The average Bonchev–Trinajstić information content (AvgIpc) is 3.72. The van der Waals surface area contributed by atoms with Crippen molar-refractivity contribution < 1.29 is 77.2 Å². The fourth-order valence-electron chi connectivity index (χ4n) is 9.68. The Kier molecular flexibility index (Phi) is 12.8. The maximum absolute atomic E-state index is 15.6. The molecule has 3 aliphatic carbocycles. The quantitative estimate of drug-likeness (QED) is 0.146. The first-order chi connectivity index (χ1) is 28.9. The predicted octanol–water partition coefficient (Wildman–Crippen LogP) is 4.50. The van der Waals surface area contributed by atoms with Gasteiger partial charge in [-0.15, -0.1) is 0 Å². The number of ether oxygens (including phenoxy) is 7. The summed E-state index contributed by atoms with van der Waals surface area (Å²) in [6, 6.07) is 8.00. The Labute approximate surface area is 363 Å². The van der Waals surface area contributed by atoms with E-state index in [9.17, 15) is 39.3 Å². The van der Waals surface area contributed by atoms with E-state index in [1.165, 1.54) is 58.1 Å². The fraction of sp³-hybridized carbons (Fsp3) is 0.591. The van der Waals surface area contributed by atoms with Gasteiger partial charge in [0.2, 0.25) is 0 Å². The summed E-state index contributed by atoms with van der Waals surface area (Å²) in [5.74, 6) is -5.54. The van der Waals surface area contributed by atoms with Crippen LogP contribution in [0.4, 0.5) is 9.59 Å². The van der Waals surface area contributed by atoms with Crippen molar-refractivity contribution in [3.8, 4) is 0 Å². The highest BCUT2D eigenvalue weighted by molar-refractivity contribution is 7.08. The van der Waals surface area contributed by atoms with Gasteiger partial charge in [0.05, 0.1) is 42.3 Å². The Balaban J connectivity index is 1.55. The maximum atomic E-state index is 15.6. The number of aliphatic hydroxyl groups excluding tert-OH is 2. The van der Waals surface area contributed by atoms with E-state index in [2.05, 4.69) is 5.32 Å². The molecule has 18 heteroatoms. The highest BCUT2D eigenvalue weighted by Crippen LogP contribution is 2.64. The first-order valence-corrected chi connectivity index (χ1v) is 21.3. The molecule has 3 fully saturated rings. The Morgan fingerprint density at radius 1 is 1.03 bits per heavy atom. The molecular formula is C44H55NO16S. The third-order valence-corrected chi connectivity index (χ3v) is 13.5. The van der Waals surface area contributed by atoms with Crippen molar-refractivity contribution >= 4 is 47.3 Å². The molecule has 4 N–H and O–H groups in total. The van der Waals surface area contributed by atoms with Gasteiger partial charge >= 0.3 is 30.2 Å². The number of carbonyl (C=O) groups excluding carboxylic acids is 6. The van der Waals surface area contributed by atoms with E-state index in [-0.39, 0.29) is 36.3 Å². The van der Waals surface area contributed by atoms with Gasteiger partial charge in [0, 0.05) is 25.2 Å². The number of aliphatic hydroxyl groups is 3. The summed E-state index contributed by atoms with van der Waals surface area (Å²) >= 11 is 1.24. The number of carbonyl (C=O) groups is 6. The number of hydrogen-bond acceptors (Lipinski definition) is 17. The van der Waals surface area contributed by atoms with E-state index in [0.717, 1.165) is 6.92 Å². The number of amides is 1. The first-order valence-electron chi connectivity index (χ1n) is 20.4. The molecule has 1 saturated heterocycles. The number of Topliss-reactive ketones (excluding diaryl/α,β-unsaturated/α-hetero) is 1. The van der Waals surface area contributed by atoms with Crippen LogP contribution in [0.2, 0.25) is 0 Å². The predicted molar refractivity (Wildman–Crippen MR) is 217 cm³/mol. The van der Waals surface area contributed by atoms with Crippen LogP contribution in [-0.4, -0.2) is 118 Å². The Morgan fingerprint density at radius 2 is 1.71 bits per heavy atom. The third kappa shape index (κ3) is 8.11. The van der Waals surface area contributed by atoms with Crippen LogP contribution in [0, 0.1) is 16.7 Å². The highest BCUT2D eigenvalue weighted by Gasteiger charge is 2.78. The standard InChI is InChI=1S/C44H55NO16S/c1-10-55-39(53)58-32-29-22(2)26(57-37(51)31(48)30(25-16-17-62-20-25)45-38(52)61-40(4,5)6)19-44(54,41(29,7)8)35(59-36(50)24-14-12-11-13-15-24)33-42(9,34(32)49)27(47)18-28-43(33,21-56-28)60-23(3)46/h11-17,20,26-28,30-33,35,47-48,54H,10,18-19,21H2,1-9H3,(H,45,52)/t26-,27-,28+,30-,31+,32+,33?,35-,42+,43-,44+/m0/s1. The zero-order valence-corrected chi connectivity index (χ0v) is 36.9. The smallest absolute Gasteiger partial charge is 0.456 e. The lowest BCUT2D eigenvalue weighted by Gasteiger charge is -2.67. The Bertz CT molecular complexity index is 2100. The van der Waals surface area contributed by atoms with Crippen LogP contribution in [-0.2, 0) is 47.5 Å². The van der Waals surface area contributed by atoms with Crippen molar-refractivity contribution in [2.75, 3.05) is 13.2 Å². The van der Waals surface area contributed by atoms with Gasteiger partial charge in [0.15, 0.2) is 23.6 Å². The molecule has 17 nitrogen and oxygen atoms in total. The summed E-state index contributed by atoms with van der Waals surface area (Å²) < 4.78 is 40.7. The van der Waals surface area contributed by atoms with Gasteiger partial charge in [0.25, 0.3) is 0 Å². The van der Waals surface area contributed by atoms with Gasteiger partial charge < -0.3 is 53.8 Å². The molecule has 1 aliphatic heterocycles. The van der Waals surface area contributed by atoms with Crippen LogP contribution in [0.15, 0.2) is 58.3 Å². The van der Waals surface area contributed by atoms with Crippen molar-refractivity contribution in [3.63, 3.8) is 0 Å². The molecule has 2 bridgehead atoms. The van der Waals surface area contributed by atoms with Crippen molar-refractivity contribution in [1.29, 1.82) is 0 Å². The van der Waals surface area contributed by atoms with Crippen molar-refractivity contribution in [3.05, 3.63) is 69.4 Å². The molecule has 62 heavy (non-hydrogen) atoms. The monoisotopic (exact) mass is 885 g/mol. The van der Waals surface area contributed by atoms with Crippen molar-refractivity contribution in [1.82, 2.24) is 5.32 Å². The normalized spacial score (nSPS) is 32.2. The molecule has 1 amide bonds. The second kappa shape index (κ2) is 17.0. The number of esters is 3.